The Morgan fingerprint density at radius 3 is 2.24 bits per heavy atom. The minimum absolute atomic E-state index is 0.115. The maximum atomic E-state index is 10.5. The van der Waals surface area contributed by atoms with Crippen LogP contribution in [0.5, 0.6) is 0 Å². The van der Waals surface area contributed by atoms with E-state index in [1.807, 2.05) is 0 Å². The Balaban J connectivity index is 1.90. The molecule has 0 aliphatic heterocycles. The lowest BCUT2D eigenvalue weighted by molar-refractivity contribution is 0.125. The van der Waals surface area contributed by atoms with Gasteiger partial charge in [0.15, 0.2) is 0 Å². The van der Waals surface area contributed by atoms with E-state index in [1.54, 1.807) is 0 Å². The standard InChI is InChI=1S/C19H31NO/c1-14(2)13-16-9-11-17(12-10-16)19(21)15(3)20-18-7-5-4-6-8-18/h9-12,14-15,18-21H,4-8,13H2,1-3H3. The average molecular weight is 289 g/mol. The van der Waals surface area contributed by atoms with Gasteiger partial charge in [0.05, 0.1) is 6.10 Å². The van der Waals surface area contributed by atoms with Gasteiger partial charge in [-0.25, -0.2) is 0 Å². The van der Waals surface area contributed by atoms with Crippen molar-refractivity contribution in [2.24, 2.45) is 5.92 Å². The fraction of sp³-hybridized carbons (Fsp3) is 0.684. The van der Waals surface area contributed by atoms with E-state index in [-0.39, 0.29) is 6.04 Å². The third-order valence-electron chi connectivity index (χ3n) is 4.54. The molecule has 2 rings (SSSR count). The summed E-state index contributed by atoms with van der Waals surface area (Å²) >= 11 is 0. The molecule has 0 heterocycles. The summed E-state index contributed by atoms with van der Waals surface area (Å²) in [7, 11) is 0. The van der Waals surface area contributed by atoms with Gasteiger partial charge in [0.2, 0.25) is 0 Å². The molecule has 0 saturated heterocycles. The Bertz CT molecular complexity index is 406. The number of aliphatic hydroxyl groups is 1. The summed E-state index contributed by atoms with van der Waals surface area (Å²) in [6, 6.07) is 9.19. The highest BCUT2D eigenvalue weighted by atomic mass is 16.3. The molecule has 0 spiro atoms. The molecular weight excluding hydrogens is 258 g/mol. The van der Waals surface area contributed by atoms with Crippen molar-refractivity contribution in [1.82, 2.24) is 5.32 Å². The van der Waals surface area contributed by atoms with Crippen molar-refractivity contribution in [1.29, 1.82) is 0 Å². The fourth-order valence-corrected chi connectivity index (χ4v) is 3.34. The van der Waals surface area contributed by atoms with Crippen molar-refractivity contribution < 1.29 is 5.11 Å². The summed E-state index contributed by atoms with van der Waals surface area (Å²) in [5.41, 5.74) is 2.38. The Labute approximate surface area is 130 Å². The second-order valence-electron chi connectivity index (χ2n) is 7.07. The Morgan fingerprint density at radius 1 is 1.05 bits per heavy atom. The second kappa shape index (κ2) is 7.95. The zero-order valence-corrected chi connectivity index (χ0v) is 13.8. The van der Waals surface area contributed by atoms with Crippen molar-refractivity contribution in [2.75, 3.05) is 0 Å². The molecule has 0 amide bonds. The van der Waals surface area contributed by atoms with Gasteiger partial charge in [0, 0.05) is 12.1 Å². The third kappa shape index (κ3) is 5.12. The number of rotatable bonds is 6. The van der Waals surface area contributed by atoms with E-state index in [0.29, 0.717) is 12.0 Å². The normalized spacial score (nSPS) is 19.7. The van der Waals surface area contributed by atoms with Crippen LogP contribution in [-0.2, 0) is 6.42 Å². The van der Waals surface area contributed by atoms with Crippen LogP contribution in [0, 0.1) is 5.92 Å². The first-order valence-electron chi connectivity index (χ1n) is 8.59. The highest BCUT2D eigenvalue weighted by Crippen LogP contribution is 2.22. The summed E-state index contributed by atoms with van der Waals surface area (Å²) in [6.07, 6.45) is 7.21. The lowest BCUT2D eigenvalue weighted by atomic mass is 9.93. The van der Waals surface area contributed by atoms with Crippen molar-refractivity contribution >= 4 is 0 Å². The highest BCUT2D eigenvalue weighted by Gasteiger charge is 2.21. The molecule has 2 atom stereocenters. The number of hydrogen-bond donors (Lipinski definition) is 2. The molecule has 2 unspecified atom stereocenters. The summed E-state index contributed by atoms with van der Waals surface area (Å²) < 4.78 is 0. The highest BCUT2D eigenvalue weighted by molar-refractivity contribution is 5.25. The predicted octanol–water partition coefficient (Wildman–Crippen LogP) is 4.23. The van der Waals surface area contributed by atoms with Crippen molar-refractivity contribution in [3.05, 3.63) is 35.4 Å². The summed E-state index contributed by atoms with van der Waals surface area (Å²) in [5, 5.41) is 14.1. The smallest absolute Gasteiger partial charge is 0.0940 e. The van der Waals surface area contributed by atoms with Gasteiger partial charge in [0.25, 0.3) is 0 Å². The number of benzene rings is 1. The molecular formula is C19H31NO. The first kappa shape index (κ1) is 16.5. The molecule has 1 aromatic rings. The van der Waals surface area contributed by atoms with Crippen LogP contribution >= 0.6 is 0 Å². The minimum Gasteiger partial charge on any atom is -0.387 e. The number of nitrogens with one attached hydrogen (secondary N) is 1. The van der Waals surface area contributed by atoms with Gasteiger partial charge in [0.1, 0.15) is 0 Å². The zero-order chi connectivity index (χ0) is 15.2. The first-order valence-corrected chi connectivity index (χ1v) is 8.59. The maximum Gasteiger partial charge on any atom is 0.0940 e. The molecule has 0 bridgehead atoms. The number of hydrogen-bond acceptors (Lipinski definition) is 2. The van der Waals surface area contributed by atoms with Gasteiger partial charge in [-0.15, -0.1) is 0 Å². The van der Waals surface area contributed by atoms with Crippen LogP contribution in [0.2, 0.25) is 0 Å². The molecule has 2 N–H and O–H groups in total. The molecule has 0 aromatic heterocycles. The van der Waals surface area contributed by atoms with E-state index < -0.39 is 6.10 Å². The molecule has 1 aliphatic carbocycles. The van der Waals surface area contributed by atoms with Crippen molar-refractivity contribution in [3.8, 4) is 0 Å². The van der Waals surface area contributed by atoms with Gasteiger partial charge in [-0.3, -0.25) is 0 Å². The molecule has 1 fully saturated rings. The molecule has 1 aliphatic rings. The van der Waals surface area contributed by atoms with E-state index in [2.05, 4.69) is 50.4 Å². The number of aliphatic hydroxyl groups excluding tert-OH is 1. The van der Waals surface area contributed by atoms with E-state index in [1.165, 1.54) is 37.7 Å². The fourth-order valence-electron chi connectivity index (χ4n) is 3.34. The molecule has 1 aromatic carbocycles. The maximum absolute atomic E-state index is 10.5. The Morgan fingerprint density at radius 2 is 1.67 bits per heavy atom. The third-order valence-corrected chi connectivity index (χ3v) is 4.54. The minimum atomic E-state index is -0.417. The van der Waals surface area contributed by atoms with Crippen LogP contribution in [0.3, 0.4) is 0 Å². The van der Waals surface area contributed by atoms with Crippen LogP contribution < -0.4 is 5.32 Å². The quantitative estimate of drug-likeness (QED) is 0.821. The van der Waals surface area contributed by atoms with E-state index >= 15 is 0 Å². The summed E-state index contributed by atoms with van der Waals surface area (Å²) in [4.78, 5) is 0. The summed E-state index contributed by atoms with van der Waals surface area (Å²) in [6.45, 7) is 6.57. The lowest BCUT2D eigenvalue weighted by Crippen LogP contribution is -2.41. The van der Waals surface area contributed by atoms with Crippen LogP contribution in [0.4, 0.5) is 0 Å². The average Bonchev–Trinajstić information content (AvgIpc) is 2.47. The van der Waals surface area contributed by atoms with Gasteiger partial charge in [-0.2, -0.15) is 0 Å². The topological polar surface area (TPSA) is 32.3 Å². The first-order chi connectivity index (χ1) is 10.1. The molecule has 118 valence electrons. The SMILES string of the molecule is CC(C)Cc1ccc(C(O)C(C)NC2CCCCC2)cc1. The van der Waals surface area contributed by atoms with Gasteiger partial charge >= 0.3 is 0 Å². The monoisotopic (exact) mass is 289 g/mol. The van der Waals surface area contributed by atoms with Gasteiger partial charge < -0.3 is 10.4 Å². The zero-order valence-electron chi connectivity index (χ0n) is 13.8. The van der Waals surface area contributed by atoms with E-state index in [0.717, 1.165) is 12.0 Å². The second-order valence-corrected chi connectivity index (χ2v) is 7.07. The van der Waals surface area contributed by atoms with Gasteiger partial charge in [-0.1, -0.05) is 57.4 Å². The Hall–Kier alpha value is -0.860. The van der Waals surface area contributed by atoms with Gasteiger partial charge in [-0.05, 0) is 43.2 Å². The predicted molar refractivity (Wildman–Crippen MR) is 89.4 cm³/mol. The van der Waals surface area contributed by atoms with Crippen LogP contribution in [0.15, 0.2) is 24.3 Å². The van der Waals surface area contributed by atoms with Crippen molar-refractivity contribution in [2.45, 2.75) is 77.5 Å². The molecule has 2 nitrogen and oxygen atoms in total. The van der Waals surface area contributed by atoms with Crippen molar-refractivity contribution in [3.63, 3.8) is 0 Å². The molecule has 2 heteroatoms. The lowest BCUT2D eigenvalue weighted by Gasteiger charge is -2.29. The largest absolute Gasteiger partial charge is 0.387 e. The molecule has 0 radical (unpaired) electrons. The summed E-state index contributed by atoms with van der Waals surface area (Å²) in [5.74, 6) is 0.674. The Kier molecular flexibility index (Phi) is 6.25. The molecule has 1 saturated carbocycles. The van der Waals surface area contributed by atoms with Crippen LogP contribution in [0.1, 0.15) is 70.1 Å². The van der Waals surface area contributed by atoms with E-state index in [4.69, 9.17) is 0 Å². The van der Waals surface area contributed by atoms with Crippen LogP contribution in [0.25, 0.3) is 0 Å². The van der Waals surface area contributed by atoms with E-state index in [9.17, 15) is 5.11 Å². The molecule has 21 heavy (non-hydrogen) atoms. The van der Waals surface area contributed by atoms with Crippen LogP contribution in [-0.4, -0.2) is 17.2 Å².